The average molecular weight is 965 g/mol. The zero-order valence-corrected chi connectivity index (χ0v) is 45.0. The van der Waals surface area contributed by atoms with Crippen LogP contribution in [0.25, 0.3) is 55.5 Å². The third-order valence-corrected chi connectivity index (χ3v) is 18.1. The smallest absolute Gasteiger partial charge is 0.375 e. The van der Waals surface area contributed by atoms with Gasteiger partial charge in [-0.15, -0.1) is 0 Å². The molecule has 0 bridgehead atoms. The highest BCUT2D eigenvalue weighted by Gasteiger charge is 2.50. The normalized spacial score (nSPS) is 17.3. The summed E-state index contributed by atoms with van der Waals surface area (Å²) in [6.07, 6.45) is 7.93. The molecule has 3 heterocycles. The summed E-state index contributed by atoms with van der Waals surface area (Å²) in [5.41, 5.74) is 26.1. The van der Waals surface area contributed by atoms with Crippen molar-refractivity contribution in [3.05, 3.63) is 198 Å². The van der Waals surface area contributed by atoms with E-state index in [9.17, 15) is 0 Å². The zero-order valence-electron chi connectivity index (χ0n) is 45.0. The number of anilines is 5. The Kier molecular flexibility index (Phi) is 10.7. The highest BCUT2D eigenvalue weighted by atomic mass is 16.3. The lowest BCUT2D eigenvalue weighted by molar-refractivity contribution is 0.332. The van der Waals surface area contributed by atoms with Crippen LogP contribution in [-0.4, -0.2) is 6.85 Å². The third-order valence-electron chi connectivity index (χ3n) is 18.1. The van der Waals surface area contributed by atoms with Crippen LogP contribution in [0.15, 0.2) is 174 Å². The molecule has 2 aliphatic heterocycles. The Morgan fingerprint density at radius 2 is 1.03 bits per heavy atom. The molecule has 0 spiro atoms. The van der Waals surface area contributed by atoms with Crippen molar-refractivity contribution in [3.8, 4) is 44.5 Å². The number of rotatable bonds is 8. The number of furan rings is 1. The predicted octanol–water partition coefficient (Wildman–Crippen LogP) is 18.2. The van der Waals surface area contributed by atoms with E-state index in [1.54, 1.807) is 0 Å². The number of unbranched alkanes of at least 4 members (excludes halogenated alkanes) is 1. The van der Waals surface area contributed by atoms with E-state index in [-0.39, 0.29) is 28.5 Å². The lowest BCUT2D eigenvalue weighted by Gasteiger charge is -2.46. The SMILES string of the molecule is CCCCc1ccc(N2c3cc(-c4ccccc4)cc4c3B(c3oc5cc6c(cc5c32)C(C)(C)CCC6(C)C)N(c2ccc3c(c2)C(C)(C)CCC3(C)C)c2ccc(-c3ccccc3)cc2-4)c(-c2ccccc2)c1. The molecule has 0 saturated carbocycles. The van der Waals surface area contributed by atoms with Gasteiger partial charge in [0.1, 0.15) is 11.2 Å². The second-order valence-electron chi connectivity index (χ2n) is 24.8. The molecule has 8 aromatic carbocycles. The molecule has 4 heteroatoms. The zero-order chi connectivity index (χ0) is 50.9. The summed E-state index contributed by atoms with van der Waals surface area (Å²) in [6.45, 7) is 21.6. The lowest BCUT2D eigenvalue weighted by atomic mass is 9.45. The molecule has 0 atom stereocenters. The first-order valence-corrected chi connectivity index (χ1v) is 27.6. The largest absolute Gasteiger partial charge is 0.466 e. The van der Waals surface area contributed by atoms with E-state index in [4.69, 9.17) is 4.42 Å². The van der Waals surface area contributed by atoms with Crippen molar-refractivity contribution in [2.75, 3.05) is 9.71 Å². The minimum absolute atomic E-state index is 0.000357. The van der Waals surface area contributed by atoms with Crippen LogP contribution in [0.4, 0.5) is 28.4 Å². The molecule has 368 valence electrons. The standard InChI is InChI=1S/C70H69BN2O/c1-10-11-21-45-28-32-60(52(38-45)48-26-19-14-20-27-48)72-62-41-50(47-24-17-13-18-25-47)40-54-53-39-49(46-22-15-12-16-23-46)29-33-61(53)73(51-30-31-56-57(42-51)68(4,5)35-34-67(56,2)3)71(64(54)62)66-65(72)55-43-58-59(44-63(55)74-66)70(8,9)37-36-69(58,6)7/h12-20,22-33,38-44H,10-11,21,34-37H2,1-9H3. The predicted molar refractivity (Wildman–Crippen MR) is 315 cm³/mol. The monoisotopic (exact) mass is 965 g/mol. The topological polar surface area (TPSA) is 19.6 Å². The van der Waals surface area contributed by atoms with Gasteiger partial charge in [-0.1, -0.05) is 178 Å². The Morgan fingerprint density at radius 1 is 0.459 bits per heavy atom. The first-order chi connectivity index (χ1) is 35.6. The molecule has 2 aliphatic carbocycles. The lowest BCUT2D eigenvalue weighted by Crippen LogP contribution is -2.61. The maximum absolute atomic E-state index is 7.82. The number of hydrogen-bond acceptors (Lipinski definition) is 3. The van der Waals surface area contributed by atoms with Crippen LogP contribution in [0.1, 0.15) is 129 Å². The van der Waals surface area contributed by atoms with Gasteiger partial charge in [-0.25, -0.2) is 0 Å². The van der Waals surface area contributed by atoms with E-state index < -0.39 is 0 Å². The van der Waals surface area contributed by atoms with Crippen LogP contribution in [0.3, 0.4) is 0 Å². The fourth-order valence-corrected chi connectivity index (χ4v) is 13.5. The summed E-state index contributed by atoms with van der Waals surface area (Å²) in [5, 5.41) is 1.18. The molecule has 74 heavy (non-hydrogen) atoms. The molecule has 0 amide bonds. The van der Waals surface area contributed by atoms with Crippen molar-refractivity contribution < 1.29 is 4.42 Å². The molecule has 0 N–H and O–H groups in total. The molecular formula is C70H69BN2O. The summed E-state index contributed by atoms with van der Waals surface area (Å²) in [4.78, 5) is 5.32. The van der Waals surface area contributed by atoms with Crippen LogP contribution in [0.2, 0.25) is 0 Å². The van der Waals surface area contributed by atoms with Gasteiger partial charge in [0.2, 0.25) is 0 Å². The molecule has 1 aromatic heterocycles. The van der Waals surface area contributed by atoms with Crippen molar-refractivity contribution in [3.63, 3.8) is 0 Å². The molecule has 0 fully saturated rings. The minimum atomic E-state index is -0.279. The summed E-state index contributed by atoms with van der Waals surface area (Å²) < 4.78 is 7.82. The van der Waals surface area contributed by atoms with E-state index in [1.165, 1.54) is 107 Å². The maximum atomic E-state index is 7.82. The molecule has 0 saturated heterocycles. The van der Waals surface area contributed by atoms with Crippen molar-refractivity contribution in [1.29, 1.82) is 0 Å². The Morgan fingerprint density at radius 3 is 1.68 bits per heavy atom. The average Bonchev–Trinajstić information content (AvgIpc) is 3.80. The molecular weight excluding hydrogens is 896 g/mol. The van der Waals surface area contributed by atoms with Crippen molar-refractivity contribution in [1.82, 2.24) is 0 Å². The van der Waals surface area contributed by atoms with Gasteiger partial charge in [0, 0.05) is 33.6 Å². The molecule has 3 nitrogen and oxygen atoms in total. The Bertz CT molecular complexity index is 3670. The number of aryl methyl sites for hydroxylation is 1. The Labute approximate surface area is 440 Å². The summed E-state index contributed by atoms with van der Waals surface area (Å²) >= 11 is 0. The quantitative estimate of drug-likeness (QED) is 0.142. The Balaban J connectivity index is 1.19. The van der Waals surface area contributed by atoms with Crippen LogP contribution in [0, 0.1) is 0 Å². The molecule has 0 radical (unpaired) electrons. The van der Waals surface area contributed by atoms with Gasteiger partial charge in [0.25, 0.3) is 0 Å². The first-order valence-electron chi connectivity index (χ1n) is 27.6. The van der Waals surface area contributed by atoms with Gasteiger partial charge in [-0.05, 0) is 188 Å². The van der Waals surface area contributed by atoms with Crippen LogP contribution < -0.4 is 20.8 Å². The van der Waals surface area contributed by atoms with E-state index in [0.717, 1.165) is 61.1 Å². The number of nitrogens with zero attached hydrogens (tertiary/aromatic N) is 2. The van der Waals surface area contributed by atoms with E-state index in [0.29, 0.717) is 0 Å². The van der Waals surface area contributed by atoms with Gasteiger partial charge in [-0.2, -0.15) is 0 Å². The minimum Gasteiger partial charge on any atom is -0.466 e. The van der Waals surface area contributed by atoms with Gasteiger partial charge in [0.05, 0.1) is 11.4 Å². The summed E-state index contributed by atoms with van der Waals surface area (Å²) in [7, 11) is 0. The van der Waals surface area contributed by atoms with E-state index in [2.05, 4.69) is 242 Å². The van der Waals surface area contributed by atoms with Crippen molar-refractivity contribution in [2.45, 2.75) is 129 Å². The Hall–Kier alpha value is -7.04. The first kappa shape index (κ1) is 46.7. The molecule has 9 aromatic rings. The summed E-state index contributed by atoms with van der Waals surface area (Å²) in [6, 6.07) is 65.1. The van der Waals surface area contributed by atoms with Crippen LogP contribution >= 0.6 is 0 Å². The van der Waals surface area contributed by atoms with Gasteiger partial charge >= 0.3 is 6.85 Å². The van der Waals surface area contributed by atoms with Gasteiger partial charge < -0.3 is 14.1 Å². The fourth-order valence-electron chi connectivity index (χ4n) is 13.5. The van der Waals surface area contributed by atoms with Gasteiger partial charge in [-0.3, -0.25) is 0 Å². The maximum Gasteiger partial charge on any atom is 0.375 e. The highest BCUT2D eigenvalue weighted by molar-refractivity contribution is 6.93. The van der Waals surface area contributed by atoms with Crippen LogP contribution in [0.5, 0.6) is 0 Å². The number of hydrogen-bond donors (Lipinski definition) is 0. The van der Waals surface area contributed by atoms with Crippen molar-refractivity contribution >= 4 is 57.4 Å². The fraction of sp³-hybridized carbons (Fsp3) is 0.286. The van der Waals surface area contributed by atoms with Crippen molar-refractivity contribution in [2.24, 2.45) is 0 Å². The molecule has 4 aliphatic rings. The van der Waals surface area contributed by atoms with Crippen LogP contribution in [-0.2, 0) is 28.1 Å². The second-order valence-corrected chi connectivity index (χ2v) is 24.8. The number of benzene rings is 8. The third kappa shape index (κ3) is 7.37. The van der Waals surface area contributed by atoms with Gasteiger partial charge in [0.15, 0.2) is 0 Å². The highest BCUT2D eigenvalue weighted by Crippen LogP contribution is 2.55. The van der Waals surface area contributed by atoms with E-state index in [1.807, 2.05) is 0 Å². The summed E-state index contributed by atoms with van der Waals surface area (Å²) in [5.74, 6) is 0. The number of fused-ring (bicyclic) bond motifs is 8. The molecule has 13 rings (SSSR count). The second kappa shape index (κ2) is 17.0. The molecule has 0 unspecified atom stereocenters. The van der Waals surface area contributed by atoms with E-state index >= 15 is 0 Å².